The molecule has 1 aliphatic rings. The maximum atomic E-state index is 13.9. The number of rotatable bonds is 1. The van der Waals surface area contributed by atoms with E-state index < -0.39 is 47.7 Å². The van der Waals surface area contributed by atoms with Gasteiger partial charge in [-0.3, -0.25) is 0 Å². The molecule has 0 unspecified atom stereocenters. The molecule has 0 radical (unpaired) electrons. The molecule has 1 N–H and O–H groups in total. The van der Waals surface area contributed by atoms with Crippen molar-refractivity contribution in [3.8, 4) is 0 Å². The SMILES string of the molecule is Fc1c(C(F)(F)F)cccc1[C@]1(C(F)(F)F)CCNC1. The fourth-order valence-electron chi connectivity index (χ4n) is 2.44. The number of hydrogen-bond acceptors (Lipinski definition) is 1. The summed E-state index contributed by atoms with van der Waals surface area (Å²) in [6.45, 7) is -0.663. The van der Waals surface area contributed by atoms with E-state index >= 15 is 0 Å². The summed E-state index contributed by atoms with van der Waals surface area (Å²) in [6.07, 6.45) is -10.4. The fourth-order valence-corrected chi connectivity index (χ4v) is 2.44. The van der Waals surface area contributed by atoms with Crippen LogP contribution >= 0.6 is 0 Å². The standard InChI is InChI=1S/C12H10F7N/c13-9-7(2-1-3-8(9)11(14,15)16)10(12(17,18)19)4-5-20-6-10/h1-3,20H,4-6H2/t10-/m0/s1. The minimum absolute atomic E-state index is 0.0325. The normalized spacial score (nSPS) is 24.1. The molecule has 0 aliphatic carbocycles. The second-order valence-corrected chi connectivity index (χ2v) is 4.67. The number of alkyl halides is 6. The Morgan fingerprint density at radius 3 is 2.15 bits per heavy atom. The molecule has 1 aliphatic heterocycles. The highest BCUT2D eigenvalue weighted by Gasteiger charge is 2.58. The van der Waals surface area contributed by atoms with Crippen LogP contribution in [-0.4, -0.2) is 19.3 Å². The second-order valence-electron chi connectivity index (χ2n) is 4.67. The lowest BCUT2D eigenvalue weighted by Crippen LogP contribution is -2.45. The molecule has 20 heavy (non-hydrogen) atoms. The molecule has 1 nitrogen and oxygen atoms in total. The quantitative estimate of drug-likeness (QED) is 0.781. The summed E-state index contributed by atoms with van der Waals surface area (Å²) < 4.78 is 91.4. The second kappa shape index (κ2) is 4.61. The number of benzene rings is 1. The molecule has 1 aromatic carbocycles. The lowest BCUT2D eigenvalue weighted by atomic mass is 9.78. The van der Waals surface area contributed by atoms with Gasteiger partial charge in [0.1, 0.15) is 11.2 Å². The molecular formula is C12H10F7N. The predicted octanol–water partition coefficient (Wildman–Crippen LogP) is 3.64. The molecular weight excluding hydrogens is 291 g/mol. The Morgan fingerprint density at radius 2 is 1.70 bits per heavy atom. The molecule has 2 rings (SSSR count). The smallest absolute Gasteiger partial charge is 0.315 e. The average molecular weight is 301 g/mol. The molecule has 1 heterocycles. The van der Waals surface area contributed by atoms with Crippen molar-refractivity contribution < 1.29 is 30.7 Å². The van der Waals surface area contributed by atoms with E-state index in [1.807, 2.05) is 0 Å². The Kier molecular flexibility index (Phi) is 3.48. The van der Waals surface area contributed by atoms with Crippen LogP contribution in [0.4, 0.5) is 30.7 Å². The Balaban J connectivity index is 2.63. The molecule has 1 saturated heterocycles. The van der Waals surface area contributed by atoms with Crippen molar-refractivity contribution in [3.05, 3.63) is 35.1 Å². The van der Waals surface area contributed by atoms with Crippen LogP contribution in [0.3, 0.4) is 0 Å². The van der Waals surface area contributed by atoms with Crippen LogP contribution < -0.4 is 5.32 Å². The molecule has 8 heteroatoms. The van der Waals surface area contributed by atoms with Crippen molar-refractivity contribution in [1.29, 1.82) is 0 Å². The van der Waals surface area contributed by atoms with Crippen LogP contribution in [-0.2, 0) is 11.6 Å². The summed E-state index contributed by atoms with van der Waals surface area (Å²) in [5.41, 5.74) is -5.24. The van der Waals surface area contributed by atoms with Crippen molar-refractivity contribution in [2.45, 2.75) is 24.2 Å². The lowest BCUT2D eigenvalue weighted by Gasteiger charge is -2.32. The first-order valence-corrected chi connectivity index (χ1v) is 5.73. The summed E-state index contributed by atoms with van der Waals surface area (Å²) in [5, 5.41) is 2.44. The Bertz CT molecular complexity index is 498. The monoisotopic (exact) mass is 301 g/mol. The highest BCUT2D eigenvalue weighted by atomic mass is 19.4. The first-order chi connectivity index (χ1) is 9.09. The van der Waals surface area contributed by atoms with Gasteiger partial charge in [-0.1, -0.05) is 12.1 Å². The molecule has 0 amide bonds. The van der Waals surface area contributed by atoms with Gasteiger partial charge in [0.2, 0.25) is 0 Å². The van der Waals surface area contributed by atoms with Gasteiger partial charge in [0, 0.05) is 12.1 Å². The van der Waals surface area contributed by atoms with Crippen LogP contribution in [0.5, 0.6) is 0 Å². The van der Waals surface area contributed by atoms with Gasteiger partial charge < -0.3 is 5.32 Å². The van der Waals surface area contributed by atoms with Gasteiger partial charge in [0.15, 0.2) is 0 Å². The van der Waals surface area contributed by atoms with Crippen molar-refractivity contribution >= 4 is 0 Å². The zero-order valence-electron chi connectivity index (χ0n) is 10.00. The summed E-state index contributed by atoms with van der Waals surface area (Å²) >= 11 is 0. The third-order valence-electron chi connectivity index (χ3n) is 3.52. The van der Waals surface area contributed by atoms with E-state index in [4.69, 9.17) is 0 Å². The minimum atomic E-state index is -5.03. The number of nitrogens with one attached hydrogen (secondary N) is 1. The maximum Gasteiger partial charge on any atom is 0.419 e. The minimum Gasteiger partial charge on any atom is -0.315 e. The van der Waals surface area contributed by atoms with Gasteiger partial charge in [0.25, 0.3) is 0 Å². The van der Waals surface area contributed by atoms with Crippen molar-refractivity contribution in [3.63, 3.8) is 0 Å². The van der Waals surface area contributed by atoms with Crippen LogP contribution in [0.15, 0.2) is 18.2 Å². The fraction of sp³-hybridized carbons (Fsp3) is 0.500. The molecule has 1 aromatic rings. The van der Waals surface area contributed by atoms with Gasteiger partial charge in [-0.2, -0.15) is 26.3 Å². The Hall–Kier alpha value is -1.31. The maximum absolute atomic E-state index is 13.9. The zero-order valence-corrected chi connectivity index (χ0v) is 10.00. The lowest BCUT2D eigenvalue weighted by molar-refractivity contribution is -0.186. The summed E-state index contributed by atoms with van der Waals surface area (Å²) in [7, 11) is 0. The number of halogens is 7. The largest absolute Gasteiger partial charge is 0.419 e. The molecule has 112 valence electrons. The number of hydrogen-bond donors (Lipinski definition) is 1. The molecule has 0 saturated carbocycles. The van der Waals surface area contributed by atoms with Crippen LogP contribution in [0.1, 0.15) is 17.5 Å². The molecule has 0 aromatic heterocycles. The van der Waals surface area contributed by atoms with E-state index in [1.165, 1.54) is 0 Å². The summed E-state index contributed by atoms with van der Waals surface area (Å²) in [6, 6.07) is 2.00. The van der Waals surface area contributed by atoms with Gasteiger partial charge in [-0.05, 0) is 19.0 Å². The van der Waals surface area contributed by atoms with Crippen LogP contribution in [0, 0.1) is 5.82 Å². The Labute approximate surface area is 109 Å². The van der Waals surface area contributed by atoms with E-state index in [9.17, 15) is 30.7 Å². The van der Waals surface area contributed by atoms with Crippen molar-refractivity contribution in [1.82, 2.24) is 5.32 Å². The van der Waals surface area contributed by atoms with E-state index in [0.717, 1.165) is 12.1 Å². The van der Waals surface area contributed by atoms with E-state index in [-0.39, 0.29) is 6.54 Å². The Morgan fingerprint density at radius 1 is 1.05 bits per heavy atom. The summed E-state index contributed by atoms with van der Waals surface area (Å²) in [5.74, 6) is -1.85. The molecule has 0 bridgehead atoms. The third-order valence-corrected chi connectivity index (χ3v) is 3.52. The van der Waals surface area contributed by atoms with Crippen molar-refractivity contribution in [2.24, 2.45) is 0 Å². The molecule has 1 atom stereocenters. The van der Waals surface area contributed by atoms with Gasteiger partial charge >= 0.3 is 12.4 Å². The van der Waals surface area contributed by atoms with Crippen LogP contribution in [0.2, 0.25) is 0 Å². The molecule has 1 fully saturated rings. The first-order valence-electron chi connectivity index (χ1n) is 5.73. The topological polar surface area (TPSA) is 12.0 Å². The van der Waals surface area contributed by atoms with Gasteiger partial charge in [-0.15, -0.1) is 0 Å². The third kappa shape index (κ3) is 2.25. The van der Waals surface area contributed by atoms with E-state index in [0.29, 0.717) is 6.07 Å². The van der Waals surface area contributed by atoms with Crippen LogP contribution in [0.25, 0.3) is 0 Å². The molecule has 0 spiro atoms. The zero-order chi connectivity index (χ0) is 15.2. The first kappa shape index (κ1) is 15.1. The van der Waals surface area contributed by atoms with Gasteiger partial charge in [0.05, 0.1) is 5.56 Å². The van der Waals surface area contributed by atoms with Gasteiger partial charge in [-0.25, -0.2) is 4.39 Å². The summed E-state index contributed by atoms with van der Waals surface area (Å²) in [4.78, 5) is 0. The highest BCUT2D eigenvalue weighted by molar-refractivity contribution is 5.36. The van der Waals surface area contributed by atoms with E-state index in [1.54, 1.807) is 0 Å². The predicted molar refractivity (Wildman–Crippen MR) is 56.6 cm³/mol. The van der Waals surface area contributed by atoms with E-state index in [2.05, 4.69) is 5.32 Å². The average Bonchev–Trinajstić information content (AvgIpc) is 2.77. The highest BCUT2D eigenvalue weighted by Crippen LogP contribution is 2.47. The van der Waals surface area contributed by atoms with Crippen molar-refractivity contribution in [2.75, 3.05) is 13.1 Å².